The largest absolute Gasteiger partial charge is 0.399 e. The zero-order valence-electron chi connectivity index (χ0n) is 6.20. The first-order chi connectivity index (χ1) is 5.27. The van der Waals surface area contributed by atoms with Crippen molar-refractivity contribution in [3.63, 3.8) is 0 Å². The van der Waals surface area contributed by atoms with Crippen LogP contribution in [0.1, 0.15) is 10.4 Å². The number of benzene rings is 1. The van der Waals surface area contributed by atoms with Gasteiger partial charge in [-0.05, 0) is 24.5 Å². The molecule has 0 aliphatic heterocycles. The lowest BCUT2D eigenvalue weighted by Crippen LogP contribution is -1.89. The molecule has 0 saturated carbocycles. The molecule has 0 saturated heterocycles. The number of hydrogen-bond donors (Lipinski definition) is 1. The highest BCUT2D eigenvalue weighted by Crippen LogP contribution is 2.20. The number of anilines is 1. The number of hydrogen-bond acceptors (Lipinski definition) is 3. The SMILES string of the molecule is CSc1ccc(N)cc1C=O. The summed E-state index contributed by atoms with van der Waals surface area (Å²) in [6, 6.07) is 5.32. The first kappa shape index (κ1) is 8.14. The molecule has 2 N–H and O–H groups in total. The van der Waals surface area contributed by atoms with Gasteiger partial charge in [-0.25, -0.2) is 0 Å². The summed E-state index contributed by atoms with van der Waals surface area (Å²) in [5.74, 6) is 0. The molecule has 0 radical (unpaired) electrons. The summed E-state index contributed by atoms with van der Waals surface area (Å²) < 4.78 is 0. The second kappa shape index (κ2) is 3.44. The van der Waals surface area contributed by atoms with Crippen molar-refractivity contribution in [3.05, 3.63) is 23.8 Å². The van der Waals surface area contributed by atoms with E-state index < -0.39 is 0 Å². The Morgan fingerprint density at radius 1 is 1.55 bits per heavy atom. The summed E-state index contributed by atoms with van der Waals surface area (Å²) in [4.78, 5) is 11.4. The summed E-state index contributed by atoms with van der Waals surface area (Å²) in [7, 11) is 0. The third kappa shape index (κ3) is 1.74. The van der Waals surface area contributed by atoms with Crippen molar-refractivity contribution < 1.29 is 4.79 Å². The van der Waals surface area contributed by atoms with Gasteiger partial charge in [0.1, 0.15) is 0 Å². The average molecular weight is 167 g/mol. The van der Waals surface area contributed by atoms with E-state index in [9.17, 15) is 4.79 Å². The Balaban J connectivity index is 3.16. The summed E-state index contributed by atoms with van der Waals surface area (Å²) in [6.45, 7) is 0. The molecule has 2 nitrogen and oxygen atoms in total. The van der Waals surface area contributed by atoms with E-state index in [0.29, 0.717) is 11.3 Å². The van der Waals surface area contributed by atoms with E-state index >= 15 is 0 Å². The molecule has 0 aromatic heterocycles. The number of carbonyl (C=O) groups is 1. The molecule has 0 heterocycles. The number of carbonyl (C=O) groups excluding carboxylic acids is 1. The lowest BCUT2D eigenvalue weighted by molar-refractivity contribution is 0.112. The van der Waals surface area contributed by atoms with Crippen LogP contribution in [0, 0.1) is 0 Å². The molecule has 1 aromatic carbocycles. The molecule has 0 unspecified atom stereocenters. The number of rotatable bonds is 2. The third-order valence-corrected chi connectivity index (χ3v) is 2.19. The molecule has 11 heavy (non-hydrogen) atoms. The van der Waals surface area contributed by atoms with Gasteiger partial charge < -0.3 is 5.73 Å². The van der Waals surface area contributed by atoms with E-state index in [-0.39, 0.29) is 0 Å². The Hall–Kier alpha value is -0.960. The van der Waals surface area contributed by atoms with Crippen molar-refractivity contribution in [1.82, 2.24) is 0 Å². The molecule has 0 spiro atoms. The van der Waals surface area contributed by atoms with E-state index in [4.69, 9.17) is 5.73 Å². The van der Waals surface area contributed by atoms with Crippen molar-refractivity contribution >= 4 is 23.7 Å². The van der Waals surface area contributed by atoms with Gasteiger partial charge >= 0.3 is 0 Å². The predicted octanol–water partition coefficient (Wildman–Crippen LogP) is 1.80. The Kier molecular flexibility index (Phi) is 2.54. The third-order valence-electron chi connectivity index (χ3n) is 1.38. The number of thioether (sulfide) groups is 1. The van der Waals surface area contributed by atoms with Crippen LogP contribution in [0.3, 0.4) is 0 Å². The van der Waals surface area contributed by atoms with Crippen LogP contribution in [0.2, 0.25) is 0 Å². The number of nitrogen functional groups attached to an aromatic ring is 1. The predicted molar refractivity (Wildman–Crippen MR) is 48.0 cm³/mol. The normalized spacial score (nSPS) is 9.55. The van der Waals surface area contributed by atoms with E-state index in [0.717, 1.165) is 11.2 Å². The average Bonchev–Trinajstić information content (AvgIpc) is 2.04. The zero-order chi connectivity index (χ0) is 8.27. The van der Waals surface area contributed by atoms with E-state index in [1.54, 1.807) is 23.9 Å². The number of aldehydes is 1. The smallest absolute Gasteiger partial charge is 0.151 e. The summed E-state index contributed by atoms with van der Waals surface area (Å²) >= 11 is 1.54. The molecular formula is C8H9NOS. The van der Waals surface area contributed by atoms with Crippen LogP contribution in [-0.4, -0.2) is 12.5 Å². The van der Waals surface area contributed by atoms with Gasteiger partial charge in [0.2, 0.25) is 0 Å². The molecule has 3 heteroatoms. The lowest BCUT2D eigenvalue weighted by atomic mass is 10.2. The molecule has 0 bridgehead atoms. The van der Waals surface area contributed by atoms with Gasteiger partial charge in [-0.1, -0.05) is 0 Å². The molecule has 0 amide bonds. The van der Waals surface area contributed by atoms with Crippen molar-refractivity contribution in [3.8, 4) is 0 Å². The molecule has 0 aliphatic carbocycles. The molecule has 0 fully saturated rings. The zero-order valence-corrected chi connectivity index (χ0v) is 7.02. The summed E-state index contributed by atoms with van der Waals surface area (Å²) in [5.41, 5.74) is 6.78. The second-order valence-electron chi connectivity index (χ2n) is 2.12. The maximum Gasteiger partial charge on any atom is 0.151 e. The first-order valence-corrected chi connectivity index (χ1v) is 4.39. The van der Waals surface area contributed by atoms with Gasteiger partial charge in [0.05, 0.1) is 0 Å². The highest BCUT2D eigenvalue weighted by molar-refractivity contribution is 7.98. The van der Waals surface area contributed by atoms with Crippen molar-refractivity contribution in [2.45, 2.75) is 4.90 Å². The monoisotopic (exact) mass is 167 g/mol. The van der Waals surface area contributed by atoms with Gasteiger partial charge in [-0.2, -0.15) is 0 Å². The lowest BCUT2D eigenvalue weighted by Gasteiger charge is -2.00. The van der Waals surface area contributed by atoms with Gasteiger partial charge in [0.15, 0.2) is 6.29 Å². The van der Waals surface area contributed by atoms with Gasteiger partial charge in [-0.3, -0.25) is 4.79 Å². The highest BCUT2D eigenvalue weighted by Gasteiger charge is 1.98. The first-order valence-electron chi connectivity index (χ1n) is 3.16. The highest BCUT2D eigenvalue weighted by atomic mass is 32.2. The maximum atomic E-state index is 10.5. The Morgan fingerprint density at radius 3 is 2.82 bits per heavy atom. The molecule has 0 atom stereocenters. The van der Waals surface area contributed by atoms with Crippen LogP contribution in [0.4, 0.5) is 5.69 Å². The minimum atomic E-state index is 0.630. The number of nitrogens with two attached hydrogens (primary N) is 1. The standard InChI is InChI=1S/C8H9NOS/c1-11-8-3-2-7(9)4-6(8)5-10/h2-5H,9H2,1H3. The van der Waals surface area contributed by atoms with Crippen LogP contribution in [0.5, 0.6) is 0 Å². The van der Waals surface area contributed by atoms with Crippen LogP contribution in [0.25, 0.3) is 0 Å². The van der Waals surface area contributed by atoms with E-state index in [1.807, 2.05) is 12.3 Å². The fourth-order valence-corrected chi connectivity index (χ4v) is 1.39. The molecule has 0 aliphatic rings. The van der Waals surface area contributed by atoms with Crippen molar-refractivity contribution in [2.24, 2.45) is 0 Å². The van der Waals surface area contributed by atoms with Crippen LogP contribution in [-0.2, 0) is 0 Å². The Morgan fingerprint density at radius 2 is 2.27 bits per heavy atom. The van der Waals surface area contributed by atoms with Crippen LogP contribution >= 0.6 is 11.8 Å². The van der Waals surface area contributed by atoms with Crippen molar-refractivity contribution in [2.75, 3.05) is 12.0 Å². The van der Waals surface area contributed by atoms with Crippen molar-refractivity contribution in [1.29, 1.82) is 0 Å². The topological polar surface area (TPSA) is 43.1 Å². The quantitative estimate of drug-likeness (QED) is 0.415. The molecule has 58 valence electrons. The summed E-state index contributed by atoms with van der Waals surface area (Å²) in [6.07, 6.45) is 2.75. The fraction of sp³-hybridized carbons (Fsp3) is 0.125. The van der Waals surface area contributed by atoms with Crippen LogP contribution in [0.15, 0.2) is 23.1 Å². The molecular weight excluding hydrogens is 158 g/mol. The second-order valence-corrected chi connectivity index (χ2v) is 2.97. The van der Waals surface area contributed by atoms with Gasteiger partial charge in [-0.15, -0.1) is 11.8 Å². The fourth-order valence-electron chi connectivity index (χ4n) is 0.845. The van der Waals surface area contributed by atoms with Crippen LogP contribution < -0.4 is 5.73 Å². The minimum absolute atomic E-state index is 0.630. The summed E-state index contributed by atoms with van der Waals surface area (Å²) in [5, 5.41) is 0. The van der Waals surface area contributed by atoms with Gasteiger partial charge in [0, 0.05) is 16.1 Å². The molecule has 1 aromatic rings. The van der Waals surface area contributed by atoms with Gasteiger partial charge in [0.25, 0.3) is 0 Å². The van der Waals surface area contributed by atoms with E-state index in [1.165, 1.54) is 0 Å². The Bertz CT molecular complexity index is 273. The molecule has 1 rings (SSSR count). The Labute approximate surface area is 69.8 Å². The maximum absolute atomic E-state index is 10.5. The minimum Gasteiger partial charge on any atom is -0.399 e. The van der Waals surface area contributed by atoms with E-state index in [2.05, 4.69) is 0 Å².